The minimum atomic E-state index is -0.154. The molecule has 0 N–H and O–H groups in total. The molecule has 75 heavy (non-hydrogen) atoms. The molecule has 21 rings (SSSR count). The monoisotopic (exact) mass is 968 g/mol. The summed E-state index contributed by atoms with van der Waals surface area (Å²) >= 11 is 0. The van der Waals surface area contributed by atoms with Crippen LogP contribution in [0.2, 0.25) is 0 Å². The van der Waals surface area contributed by atoms with Gasteiger partial charge >= 0.3 is 6.85 Å². The first-order valence-electron chi connectivity index (χ1n) is 29.1. The van der Waals surface area contributed by atoms with Gasteiger partial charge in [0.25, 0.3) is 0 Å². The van der Waals surface area contributed by atoms with E-state index in [4.69, 9.17) is 4.42 Å². The van der Waals surface area contributed by atoms with E-state index in [0.29, 0.717) is 5.41 Å². The number of anilines is 2. The van der Waals surface area contributed by atoms with Crippen molar-refractivity contribution in [3.63, 3.8) is 0 Å². The Bertz CT molecular complexity index is 4120. The largest absolute Gasteiger partial charge is 0.454 e. The number of furan rings is 1. The molecule has 0 atom stereocenters. The van der Waals surface area contributed by atoms with Crippen LogP contribution in [0.5, 0.6) is 0 Å². The number of fused-ring (bicyclic) bond motifs is 14. The summed E-state index contributed by atoms with van der Waals surface area (Å²) in [7, 11) is 0. The Morgan fingerprint density at radius 3 is 1.83 bits per heavy atom. The van der Waals surface area contributed by atoms with E-state index in [2.05, 4.69) is 175 Å². The van der Waals surface area contributed by atoms with E-state index in [9.17, 15) is 0 Å². The molecule has 8 bridgehead atoms. The fourth-order valence-corrected chi connectivity index (χ4v) is 20.2. The number of hydrogen-bond donors (Lipinski definition) is 0. The van der Waals surface area contributed by atoms with Gasteiger partial charge in [0.2, 0.25) is 0 Å². The average molecular weight is 969 g/mol. The molecule has 4 heterocycles. The van der Waals surface area contributed by atoms with Crippen LogP contribution in [0.25, 0.3) is 82.8 Å². The van der Waals surface area contributed by atoms with Crippen molar-refractivity contribution in [2.75, 3.05) is 4.81 Å². The molecular weight excluding hydrogens is 908 g/mol. The summed E-state index contributed by atoms with van der Waals surface area (Å²) in [4.78, 5) is 2.81. The predicted octanol–water partition coefficient (Wildman–Crippen LogP) is 16.8. The van der Waals surface area contributed by atoms with Gasteiger partial charge in [-0.05, 0) is 239 Å². The normalized spacial score (nSPS) is 28.5. The average Bonchev–Trinajstić information content (AvgIpc) is 4.09. The predicted molar refractivity (Wildman–Crippen MR) is 310 cm³/mol. The molecule has 2 aliphatic heterocycles. The number of nitrogens with zero attached hydrogens (tertiary/aromatic N) is 2. The number of para-hydroxylation sites is 1. The Labute approximate surface area is 440 Å². The molecule has 364 valence electrons. The SMILES string of the molecule is CC1(C)c2ccccc2-c2cc3c(cc21)N(c1ccc(-c2ccccc2)cc1)B1c2c-3cc3c(oc4ccccc43)c2-n2c3ccc(C45CC6CC(CC(C6)C4)C5)cc3c3cc(C45CC6CC(CC(C6)C4)C5)cc1c32. The fourth-order valence-electron chi connectivity index (χ4n) is 20.2. The summed E-state index contributed by atoms with van der Waals surface area (Å²) < 4.78 is 10.1. The topological polar surface area (TPSA) is 21.3 Å². The van der Waals surface area contributed by atoms with E-state index in [1.54, 1.807) is 11.1 Å². The third-order valence-electron chi connectivity index (χ3n) is 22.4. The Kier molecular flexibility index (Phi) is 7.73. The van der Waals surface area contributed by atoms with Crippen LogP contribution in [0.15, 0.2) is 156 Å². The summed E-state index contributed by atoms with van der Waals surface area (Å²) in [6, 6.07) is 60.0. The molecular formula is C71H61BN2O. The second kappa shape index (κ2) is 14.0. The Balaban J connectivity index is 0.955. The van der Waals surface area contributed by atoms with E-state index in [0.717, 1.165) is 46.7 Å². The molecule has 0 spiro atoms. The van der Waals surface area contributed by atoms with Crippen molar-refractivity contribution in [3.8, 4) is 39.1 Å². The highest BCUT2D eigenvalue weighted by Gasteiger charge is 2.55. The molecule has 9 aliphatic carbocycles. The number of benzene rings is 8. The van der Waals surface area contributed by atoms with Gasteiger partial charge in [0.15, 0.2) is 5.58 Å². The van der Waals surface area contributed by atoms with E-state index in [1.807, 2.05) is 0 Å². The smallest absolute Gasteiger partial charge is 0.333 e. The third-order valence-corrected chi connectivity index (χ3v) is 22.4. The number of aromatic nitrogens is 1. The Hall–Kier alpha value is -6.78. The molecule has 10 aromatic rings. The van der Waals surface area contributed by atoms with Crippen molar-refractivity contribution in [3.05, 3.63) is 174 Å². The van der Waals surface area contributed by atoms with Crippen LogP contribution in [-0.4, -0.2) is 11.4 Å². The van der Waals surface area contributed by atoms with Crippen LogP contribution in [-0.2, 0) is 16.2 Å². The van der Waals surface area contributed by atoms with Crippen molar-refractivity contribution in [1.29, 1.82) is 0 Å². The summed E-state index contributed by atoms with van der Waals surface area (Å²) in [6.45, 7) is 4.81. The van der Waals surface area contributed by atoms with Crippen molar-refractivity contribution in [2.24, 2.45) is 35.5 Å². The third kappa shape index (κ3) is 5.30. The van der Waals surface area contributed by atoms with Crippen LogP contribution >= 0.6 is 0 Å². The maximum Gasteiger partial charge on any atom is 0.333 e. The highest BCUT2D eigenvalue weighted by atomic mass is 16.3. The second-order valence-electron chi connectivity index (χ2n) is 26.9. The molecule has 4 heteroatoms. The Morgan fingerprint density at radius 2 is 1.11 bits per heavy atom. The van der Waals surface area contributed by atoms with Gasteiger partial charge in [0.1, 0.15) is 5.58 Å². The molecule has 0 saturated heterocycles. The van der Waals surface area contributed by atoms with E-state index in [-0.39, 0.29) is 17.7 Å². The van der Waals surface area contributed by atoms with E-state index >= 15 is 0 Å². The highest BCUT2D eigenvalue weighted by Crippen LogP contribution is 2.64. The van der Waals surface area contributed by atoms with Gasteiger partial charge < -0.3 is 13.8 Å². The van der Waals surface area contributed by atoms with Crippen molar-refractivity contribution >= 4 is 72.9 Å². The maximum atomic E-state index is 7.37. The fraction of sp³-hybridized carbons (Fsp3) is 0.324. The van der Waals surface area contributed by atoms with Gasteiger partial charge in [-0.2, -0.15) is 0 Å². The van der Waals surface area contributed by atoms with Gasteiger partial charge in [0, 0.05) is 43.9 Å². The molecule has 0 unspecified atom stereocenters. The first kappa shape index (κ1) is 41.5. The lowest BCUT2D eigenvalue weighted by molar-refractivity contribution is -0.00526. The van der Waals surface area contributed by atoms with Gasteiger partial charge in [-0.15, -0.1) is 0 Å². The summed E-state index contributed by atoms with van der Waals surface area (Å²) in [5.74, 6) is 5.26. The summed E-state index contributed by atoms with van der Waals surface area (Å²) in [5, 5.41) is 5.33. The molecule has 8 fully saturated rings. The molecule has 3 nitrogen and oxygen atoms in total. The second-order valence-corrected chi connectivity index (χ2v) is 26.9. The van der Waals surface area contributed by atoms with Gasteiger partial charge in [-0.25, -0.2) is 0 Å². The van der Waals surface area contributed by atoms with Crippen molar-refractivity contribution in [1.82, 2.24) is 4.57 Å². The number of rotatable bonds is 4. The van der Waals surface area contributed by atoms with Crippen LogP contribution < -0.4 is 15.7 Å². The highest BCUT2D eigenvalue weighted by molar-refractivity contribution is 6.94. The van der Waals surface area contributed by atoms with Crippen LogP contribution in [0.3, 0.4) is 0 Å². The quantitative estimate of drug-likeness (QED) is 0.164. The van der Waals surface area contributed by atoms with Crippen LogP contribution in [0, 0.1) is 35.5 Å². The molecule has 8 aromatic carbocycles. The van der Waals surface area contributed by atoms with Crippen molar-refractivity contribution in [2.45, 2.75) is 107 Å². The molecule has 8 saturated carbocycles. The zero-order valence-corrected chi connectivity index (χ0v) is 43.3. The molecule has 2 aromatic heterocycles. The van der Waals surface area contributed by atoms with Gasteiger partial charge in [0.05, 0.1) is 16.7 Å². The summed E-state index contributed by atoms with van der Waals surface area (Å²) in [5.41, 5.74) is 25.7. The lowest BCUT2D eigenvalue weighted by atomic mass is 9.42. The van der Waals surface area contributed by atoms with E-state index < -0.39 is 0 Å². The van der Waals surface area contributed by atoms with E-state index in [1.165, 1.54) is 182 Å². The van der Waals surface area contributed by atoms with Crippen LogP contribution in [0.4, 0.5) is 11.4 Å². The molecule has 11 aliphatic rings. The zero-order valence-electron chi connectivity index (χ0n) is 43.3. The first-order valence-corrected chi connectivity index (χ1v) is 29.1. The number of hydrogen-bond acceptors (Lipinski definition) is 2. The van der Waals surface area contributed by atoms with Gasteiger partial charge in [-0.3, -0.25) is 0 Å². The zero-order chi connectivity index (χ0) is 48.8. The molecule has 0 radical (unpaired) electrons. The summed E-state index contributed by atoms with van der Waals surface area (Å²) in [6.07, 6.45) is 16.9. The maximum absolute atomic E-state index is 7.37. The van der Waals surface area contributed by atoms with Crippen LogP contribution in [0.1, 0.15) is 113 Å². The van der Waals surface area contributed by atoms with Crippen molar-refractivity contribution < 1.29 is 4.42 Å². The minimum absolute atomic E-state index is 0.0940. The molecule has 0 amide bonds. The lowest BCUT2D eigenvalue weighted by Crippen LogP contribution is -2.61. The first-order chi connectivity index (χ1) is 36.7. The Morgan fingerprint density at radius 1 is 0.480 bits per heavy atom. The lowest BCUT2D eigenvalue weighted by Gasteiger charge is -2.57. The standard InChI is InChI=1S/C71H61BN2O/c1-69(2)59-14-8-6-12-51(59)53-31-55-56-32-58-52-13-7-9-15-64(52)75-68(58)67-65(56)72(74(63(55)33-60(53)69)50-19-16-47(17-20-50)46-10-4-3-5-11-46)61-30-49(71-37-43-25-44(38-71)27-45(26-43)39-71)29-57-54-28-48(18-21-62(54)73(67)66(57)61)70-34-40-22-41(35-70)24-42(23-40)36-70/h3-21,28-33,40-45H,22-27,34-39H2,1-2H3. The van der Waals surface area contributed by atoms with Gasteiger partial charge in [-0.1, -0.05) is 111 Å². The minimum Gasteiger partial charge on any atom is -0.454 e.